The van der Waals surface area contributed by atoms with Crippen molar-refractivity contribution in [1.82, 2.24) is 19.3 Å². The molecule has 1 fully saturated rings. The van der Waals surface area contributed by atoms with Crippen LogP contribution in [0.25, 0.3) is 22.3 Å². The highest BCUT2D eigenvalue weighted by atomic mass is 32.2. The molecular formula is C21H21F2N5O2S. The molecule has 4 rings (SSSR count). The van der Waals surface area contributed by atoms with E-state index in [1.807, 2.05) is 17.7 Å². The van der Waals surface area contributed by atoms with E-state index < -0.39 is 29.4 Å². The Labute approximate surface area is 178 Å². The minimum absolute atomic E-state index is 0.203. The van der Waals surface area contributed by atoms with Crippen molar-refractivity contribution in [1.29, 1.82) is 5.26 Å². The Hall–Kier alpha value is -2.90. The summed E-state index contributed by atoms with van der Waals surface area (Å²) < 4.78 is 54.3. The number of pyridine rings is 2. The van der Waals surface area contributed by atoms with Crippen molar-refractivity contribution in [2.75, 3.05) is 13.3 Å². The molecule has 31 heavy (non-hydrogen) atoms. The van der Waals surface area contributed by atoms with Crippen LogP contribution in [-0.2, 0) is 10.0 Å². The summed E-state index contributed by atoms with van der Waals surface area (Å²) in [6.07, 6.45) is 5.87. The van der Waals surface area contributed by atoms with Crippen molar-refractivity contribution in [2.24, 2.45) is 0 Å². The number of hydrogen-bond donors (Lipinski definition) is 1. The summed E-state index contributed by atoms with van der Waals surface area (Å²) in [6, 6.07) is 5.82. The topological polar surface area (TPSA) is 101 Å². The first-order valence-electron chi connectivity index (χ1n) is 9.91. The van der Waals surface area contributed by atoms with Gasteiger partial charge in [0, 0.05) is 29.5 Å². The van der Waals surface area contributed by atoms with Crippen molar-refractivity contribution in [3.8, 4) is 17.5 Å². The third-order valence-electron chi connectivity index (χ3n) is 5.56. The van der Waals surface area contributed by atoms with Crippen molar-refractivity contribution in [3.05, 3.63) is 41.9 Å². The number of nitrogens with zero attached hydrogens (tertiary/aromatic N) is 4. The van der Waals surface area contributed by atoms with E-state index in [0.717, 1.165) is 42.1 Å². The van der Waals surface area contributed by atoms with Crippen LogP contribution in [0.1, 0.15) is 36.6 Å². The largest absolute Gasteiger partial charge is 0.335 e. The number of alkyl halides is 2. The van der Waals surface area contributed by atoms with Gasteiger partial charge in [0.2, 0.25) is 10.0 Å². The third-order valence-corrected chi connectivity index (χ3v) is 7.07. The molecule has 0 spiro atoms. The molecule has 3 heterocycles. The van der Waals surface area contributed by atoms with Crippen LogP contribution in [0.2, 0.25) is 0 Å². The molecular weight excluding hydrogens is 424 g/mol. The van der Waals surface area contributed by atoms with Gasteiger partial charge in [-0.1, -0.05) is 0 Å². The summed E-state index contributed by atoms with van der Waals surface area (Å²) >= 11 is 0. The first-order valence-corrected chi connectivity index (χ1v) is 11.4. The molecule has 0 saturated heterocycles. The van der Waals surface area contributed by atoms with E-state index in [4.69, 9.17) is 0 Å². The fraction of sp³-hybridized carbons (Fsp3) is 0.381. The zero-order chi connectivity index (χ0) is 22.2. The summed E-state index contributed by atoms with van der Waals surface area (Å²) in [6.45, 7) is -0.417. The molecule has 0 aromatic carbocycles. The summed E-state index contributed by atoms with van der Waals surface area (Å²) in [4.78, 5) is 8.42. The van der Waals surface area contributed by atoms with Crippen LogP contribution in [0.5, 0.6) is 0 Å². The number of hydrogen-bond acceptors (Lipinski definition) is 5. The summed E-state index contributed by atoms with van der Waals surface area (Å²) in [5.74, 6) is 0. The molecule has 0 bridgehead atoms. The second-order valence-electron chi connectivity index (χ2n) is 7.64. The molecule has 162 valence electrons. The maximum Gasteiger partial charge on any atom is 0.242 e. The van der Waals surface area contributed by atoms with E-state index in [2.05, 4.69) is 20.6 Å². The Morgan fingerprint density at radius 2 is 2.00 bits per heavy atom. The van der Waals surface area contributed by atoms with Gasteiger partial charge in [0.15, 0.2) is 0 Å². The minimum atomic E-state index is -4.12. The fourth-order valence-electron chi connectivity index (χ4n) is 3.77. The van der Waals surface area contributed by atoms with Crippen LogP contribution in [0.15, 0.2) is 35.5 Å². The number of nitriles is 1. The molecule has 1 N–H and O–H groups in total. The summed E-state index contributed by atoms with van der Waals surface area (Å²) in [7, 11) is -4.12. The van der Waals surface area contributed by atoms with Crippen LogP contribution < -0.4 is 4.72 Å². The van der Waals surface area contributed by atoms with Gasteiger partial charge < -0.3 is 4.57 Å². The van der Waals surface area contributed by atoms with Gasteiger partial charge in [0.25, 0.3) is 0 Å². The van der Waals surface area contributed by atoms with Crippen molar-refractivity contribution < 1.29 is 17.2 Å². The molecule has 10 heteroatoms. The van der Waals surface area contributed by atoms with E-state index in [0.29, 0.717) is 17.0 Å². The van der Waals surface area contributed by atoms with Gasteiger partial charge >= 0.3 is 0 Å². The van der Waals surface area contributed by atoms with Gasteiger partial charge in [-0.15, -0.1) is 0 Å². The Balaban J connectivity index is 1.82. The Kier molecular flexibility index (Phi) is 5.73. The molecule has 1 aliphatic rings. The van der Waals surface area contributed by atoms with Gasteiger partial charge in [-0.05, 0) is 44.4 Å². The molecule has 0 amide bonds. The SMILES string of the molecule is Cc1cc2c(cn1)c(C#N)c(-c1ccc(S(=O)(=O)NC(CF)CF)cn1)n2C1CCC1. The maximum absolute atomic E-state index is 12.7. The van der Waals surface area contributed by atoms with Crippen molar-refractivity contribution in [3.63, 3.8) is 0 Å². The molecule has 0 unspecified atom stereocenters. The molecule has 3 aromatic heterocycles. The Morgan fingerprint density at radius 3 is 2.55 bits per heavy atom. The van der Waals surface area contributed by atoms with E-state index in [1.54, 1.807) is 6.20 Å². The van der Waals surface area contributed by atoms with Crippen LogP contribution >= 0.6 is 0 Å². The van der Waals surface area contributed by atoms with Gasteiger partial charge in [-0.3, -0.25) is 9.97 Å². The van der Waals surface area contributed by atoms with Gasteiger partial charge in [-0.25, -0.2) is 21.9 Å². The van der Waals surface area contributed by atoms with Gasteiger partial charge in [0.1, 0.15) is 24.3 Å². The number of halogens is 2. The number of aromatic nitrogens is 3. The van der Waals surface area contributed by atoms with Crippen LogP contribution in [0, 0.1) is 18.3 Å². The predicted molar refractivity (Wildman–Crippen MR) is 111 cm³/mol. The quantitative estimate of drug-likeness (QED) is 0.599. The lowest BCUT2D eigenvalue weighted by molar-refractivity contribution is 0.324. The molecule has 0 aliphatic heterocycles. The molecule has 3 aromatic rings. The van der Waals surface area contributed by atoms with Crippen LogP contribution in [-0.4, -0.2) is 42.3 Å². The second-order valence-corrected chi connectivity index (χ2v) is 9.35. The van der Waals surface area contributed by atoms with E-state index in [-0.39, 0.29) is 10.9 Å². The Bertz CT molecular complexity index is 1260. The number of rotatable bonds is 7. The predicted octanol–water partition coefficient (Wildman–Crippen LogP) is 3.59. The lowest BCUT2D eigenvalue weighted by Gasteiger charge is -2.30. The van der Waals surface area contributed by atoms with E-state index in [1.165, 1.54) is 12.1 Å². The number of fused-ring (bicyclic) bond motifs is 1. The highest BCUT2D eigenvalue weighted by Crippen LogP contribution is 2.42. The zero-order valence-corrected chi connectivity index (χ0v) is 17.7. The standard InChI is InChI=1S/C21H21F2N5O2S/c1-13-7-20-18(12-25-13)17(10-24)21(28(20)15-3-2-4-15)19-6-5-16(11-26-19)31(29,30)27-14(8-22)9-23/h5-7,11-12,14-15,27H,2-4,8-9H2,1H3. The number of aryl methyl sites for hydroxylation is 1. The molecule has 0 radical (unpaired) electrons. The average Bonchev–Trinajstić information content (AvgIpc) is 3.04. The zero-order valence-electron chi connectivity index (χ0n) is 16.8. The molecule has 0 atom stereocenters. The molecule has 7 nitrogen and oxygen atoms in total. The fourth-order valence-corrected chi connectivity index (χ4v) is 4.91. The lowest BCUT2D eigenvalue weighted by atomic mass is 9.92. The average molecular weight is 445 g/mol. The highest BCUT2D eigenvalue weighted by molar-refractivity contribution is 7.89. The maximum atomic E-state index is 12.7. The third kappa shape index (κ3) is 3.79. The summed E-state index contributed by atoms with van der Waals surface area (Å²) in [5, 5.41) is 10.6. The summed E-state index contributed by atoms with van der Waals surface area (Å²) in [5.41, 5.74) is 3.24. The van der Waals surface area contributed by atoms with Crippen molar-refractivity contribution in [2.45, 2.75) is 43.2 Å². The van der Waals surface area contributed by atoms with E-state index >= 15 is 0 Å². The van der Waals surface area contributed by atoms with Crippen LogP contribution in [0.4, 0.5) is 8.78 Å². The van der Waals surface area contributed by atoms with Crippen molar-refractivity contribution >= 4 is 20.9 Å². The molecule has 1 aliphatic carbocycles. The number of nitrogens with one attached hydrogen (secondary N) is 1. The van der Waals surface area contributed by atoms with Gasteiger partial charge in [0.05, 0.1) is 28.5 Å². The first kappa shape index (κ1) is 21.3. The smallest absolute Gasteiger partial charge is 0.242 e. The second kappa shape index (κ2) is 8.32. The van der Waals surface area contributed by atoms with E-state index in [9.17, 15) is 22.5 Å². The highest BCUT2D eigenvalue weighted by Gasteiger charge is 2.29. The Morgan fingerprint density at radius 1 is 1.26 bits per heavy atom. The molecule has 1 saturated carbocycles. The normalized spacial score (nSPS) is 14.7. The first-order chi connectivity index (χ1) is 14.9. The monoisotopic (exact) mass is 445 g/mol. The number of sulfonamides is 1. The van der Waals surface area contributed by atoms with Gasteiger partial charge in [-0.2, -0.15) is 5.26 Å². The lowest BCUT2D eigenvalue weighted by Crippen LogP contribution is -2.37. The van der Waals surface area contributed by atoms with Crippen LogP contribution in [0.3, 0.4) is 0 Å². The minimum Gasteiger partial charge on any atom is -0.335 e.